The molecule has 1 aliphatic heterocycles. The van der Waals surface area contributed by atoms with Crippen LogP contribution in [-0.2, 0) is 37.2 Å². The third kappa shape index (κ3) is 7.92. The number of hydrogen-bond acceptors (Lipinski definition) is 6. The van der Waals surface area contributed by atoms with Gasteiger partial charge in [0.25, 0.3) is 0 Å². The van der Waals surface area contributed by atoms with Gasteiger partial charge in [-0.3, -0.25) is 0 Å². The average molecular weight is 711 g/mol. The van der Waals surface area contributed by atoms with Crippen LogP contribution in [-0.4, -0.2) is 11.1 Å². The summed E-state index contributed by atoms with van der Waals surface area (Å²) in [4.78, 5) is 14.4. The highest BCUT2D eigenvalue weighted by molar-refractivity contribution is 7.50. The van der Waals surface area contributed by atoms with Gasteiger partial charge in [-0.15, -0.1) is 0 Å². The molecule has 4 aromatic rings. The average Bonchev–Trinajstić information content (AvgIpc) is 2.96. The van der Waals surface area contributed by atoms with Gasteiger partial charge in [-0.05, 0) is 76.0 Å². The number of carbonyl (C=O) groups is 1. The first-order valence-electron chi connectivity index (χ1n) is 17.8. The Hall–Kier alpha value is -4.02. The van der Waals surface area contributed by atoms with Crippen LogP contribution in [0.1, 0.15) is 138 Å². The Bertz CT molecular complexity index is 1950. The molecule has 0 saturated carbocycles. The molecule has 0 radical (unpaired) electrons. The van der Waals surface area contributed by atoms with Crippen LogP contribution in [0.25, 0.3) is 11.1 Å². The molecule has 0 unspecified atom stereocenters. The molecule has 0 aromatic heterocycles. The van der Waals surface area contributed by atoms with Gasteiger partial charge in [0.1, 0.15) is 17.2 Å². The summed E-state index contributed by atoms with van der Waals surface area (Å²) in [6.45, 7) is 28.8. The van der Waals surface area contributed by atoms with Gasteiger partial charge in [-0.25, -0.2) is 4.79 Å². The number of benzene rings is 4. The minimum absolute atomic E-state index is 0.202. The number of phenolic OH excluding ortho intramolecular Hbond substituents is 1. The molecule has 0 atom stereocenters. The highest BCUT2D eigenvalue weighted by atomic mass is 31.2. The Kier molecular flexibility index (Phi) is 9.65. The number of fused-ring (bicyclic) bond motifs is 2. The monoisotopic (exact) mass is 710 g/mol. The van der Waals surface area contributed by atoms with Gasteiger partial charge < -0.3 is 18.7 Å². The van der Waals surface area contributed by atoms with E-state index in [4.69, 9.17) is 13.6 Å². The third-order valence-electron chi connectivity index (χ3n) is 9.40. The highest BCUT2D eigenvalue weighted by Crippen LogP contribution is 2.57. The number of hydrogen-bond donors (Lipinski definition) is 1. The Labute approximate surface area is 305 Å². The van der Waals surface area contributed by atoms with Gasteiger partial charge in [-0.2, -0.15) is 4.57 Å². The number of phosphoric ester groups is 1. The molecule has 4 aromatic carbocycles. The van der Waals surface area contributed by atoms with Gasteiger partial charge in [0.2, 0.25) is 0 Å². The zero-order valence-corrected chi connectivity index (χ0v) is 33.8. The number of aryl methyl sites for hydroxylation is 2. The zero-order chi connectivity index (χ0) is 38.1. The first-order valence-corrected chi connectivity index (χ1v) is 19.2. The van der Waals surface area contributed by atoms with Crippen LogP contribution in [0.3, 0.4) is 0 Å². The maximum atomic E-state index is 15.2. The predicted molar refractivity (Wildman–Crippen MR) is 208 cm³/mol. The van der Waals surface area contributed by atoms with E-state index in [-0.39, 0.29) is 33.0 Å². The summed E-state index contributed by atoms with van der Waals surface area (Å²) in [7, 11) is -4.68. The Morgan fingerprint density at radius 2 is 1.06 bits per heavy atom. The molecule has 5 rings (SSSR count). The lowest BCUT2D eigenvalue weighted by atomic mass is 9.77. The number of carbonyl (C=O) groups excluding carboxylic acids is 1. The van der Waals surface area contributed by atoms with Crippen molar-refractivity contribution >= 4 is 13.8 Å². The molecule has 272 valence electrons. The molecule has 1 heterocycles. The summed E-state index contributed by atoms with van der Waals surface area (Å²) in [5, 5.41) is 11.4. The second-order valence-electron chi connectivity index (χ2n) is 18.3. The standard InChI is InChI=1S/C44H55O6P/c1-26-19-29-23-30-20-27(2)22-36(44(12,13)14)39(30)49-51(47,48-38(29)35(21-26)43(9,10)11)50-40(46)32-18-16-15-17-31(32)28-24-33(41(3,4)5)37(45)34(25-28)42(6,7)8/h15-22,24-25,45H,23H2,1-14H3. The lowest BCUT2D eigenvalue weighted by Gasteiger charge is -2.32. The van der Waals surface area contributed by atoms with Crippen LogP contribution >= 0.6 is 7.82 Å². The summed E-state index contributed by atoms with van der Waals surface area (Å²) in [6.07, 6.45) is 0.490. The topological polar surface area (TPSA) is 82.1 Å². The molecule has 0 amide bonds. The summed E-state index contributed by atoms with van der Waals surface area (Å²) in [5.41, 5.74) is 7.00. The predicted octanol–water partition coefficient (Wildman–Crippen LogP) is 12.2. The summed E-state index contributed by atoms with van der Waals surface area (Å²) >= 11 is 0. The van der Waals surface area contributed by atoms with Gasteiger partial charge >= 0.3 is 13.8 Å². The fourth-order valence-corrected chi connectivity index (χ4v) is 8.06. The zero-order valence-electron chi connectivity index (χ0n) is 32.9. The van der Waals surface area contributed by atoms with E-state index in [1.165, 1.54) is 0 Å². The van der Waals surface area contributed by atoms with Crippen LogP contribution in [0.5, 0.6) is 17.2 Å². The van der Waals surface area contributed by atoms with Gasteiger partial charge in [0.15, 0.2) is 0 Å². The van der Waals surface area contributed by atoms with Crippen molar-refractivity contribution in [1.29, 1.82) is 0 Å². The van der Waals surface area contributed by atoms with E-state index in [0.29, 0.717) is 23.5 Å². The Morgan fingerprint density at radius 3 is 1.47 bits per heavy atom. The third-order valence-corrected chi connectivity index (χ3v) is 10.6. The normalized spacial score (nSPS) is 14.7. The first kappa shape index (κ1) is 38.2. The first-order chi connectivity index (χ1) is 23.3. The van der Waals surface area contributed by atoms with Crippen molar-refractivity contribution in [2.24, 2.45) is 0 Å². The Balaban J connectivity index is 1.71. The van der Waals surface area contributed by atoms with Gasteiger partial charge in [0.05, 0.1) is 5.56 Å². The SMILES string of the molecule is Cc1cc2c(c(C(C)(C)C)c1)OP(=O)(OC(=O)c1ccccc1-c1cc(C(C)(C)C)c(O)c(C(C)(C)C)c1)Oc1c(cc(C)cc1C(C)(C)C)C2. The smallest absolute Gasteiger partial charge is 0.507 e. The van der Waals surface area contributed by atoms with E-state index in [1.54, 1.807) is 12.1 Å². The molecular formula is C44H55O6P. The van der Waals surface area contributed by atoms with E-state index in [1.807, 2.05) is 104 Å². The van der Waals surface area contributed by atoms with Crippen LogP contribution in [0.4, 0.5) is 0 Å². The van der Waals surface area contributed by atoms with Gasteiger partial charge in [0, 0.05) is 28.7 Å². The Morgan fingerprint density at radius 1 is 0.647 bits per heavy atom. The molecule has 0 aliphatic carbocycles. The lowest BCUT2D eigenvalue weighted by molar-refractivity contribution is 0.0687. The fourth-order valence-electron chi connectivity index (χ4n) is 6.77. The summed E-state index contributed by atoms with van der Waals surface area (Å²) < 4.78 is 34.1. The molecule has 0 bridgehead atoms. The van der Waals surface area contributed by atoms with Gasteiger partial charge in [-0.1, -0.05) is 137 Å². The second-order valence-corrected chi connectivity index (χ2v) is 19.7. The van der Waals surface area contributed by atoms with E-state index in [2.05, 4.69) is 41.5 Å². The quantitative estimate of drug-likeness (QED) is 0.213. The molecule has 1 aliphatic rings. The number of phosphoric acid groups is 1. The van der Waals surface area contributed by atoms with E-state index >= 15 is 4.57 Å². The van der Waals surface area contributed by atoms with Crippen molar-refractivity contribution in [3.8, 4) is 28.4 Å². The number of rotatable bonds is 3. The maximum Gasteiger partial charge on any atom is 0.649 e. The molecule has 0 fully saturated rings. The van der Waals surface area contributed by atoms with Crippen molar-refractivity contribution in [3.63, 3.8) is 0 Å². The van der Waals surface area contributed by atoms with Crippen LogP contribution in [0.2, 0.25) is 0 Å². The van der Waals surface area contributed by atoms with Crippen molar-refractivity contribution in [2.75, 3.05) is 0 Å². The van der Waals surface area contributed by atoms with Crippen LogP contribution in [0, 0.1) is 13.8 Å². The lowest BCUT2D eigenvalue weighted by Crippen LogP contribution is -2.21. The molecule has 6 nitrogen and oxygen atoms in total. The van der Waals surface area contributed by atoms with E-state index < -0.39 is 13.8 Å². The van der Waals surface area contributed by atoms with Crippen molar-refractivity contribution in [3.05, 3.63) is 111 Å². The molecule has 0 spiro atoms. The molecule has 7 heteroatoms. The largest absolute Gasteiger partial charge is 0.649 e. The molecule has 51 heavy (non-hydrogen) atoms. The molecular weight excluding hydrogens is 655 g/mol. The van der Waals surface area contributed by atoms with E-state index in [9.17, 15) is 9.90 Å². The minimum atomic E-state index is -4.68. The maximum absolute atomic E-state index is 15.2. The summed E-state index contributed by atoms with van der Waals surface area (Å²) in [6, 6.07) is 19.1. The van der Waals surface area contributed by atoms with Crippen molar-refractivity contribution in [1.82, 2.24) is 0 Å². The molecule has 0 saturated heterocycles. The van der Waals surface area contributed by atoms with Crippen LogP contribution in [0.15, 0.2) is 60.7 Å². The molecule has 1 N–H and O–H groups in total. The minimum Gasteiger partial charge on any atom is -0.507 e. The number of phenols is 1. The summed E-state index contributed by atoms with van der Waals surface area (Å²) in [5.74, 6) is 0.219. The van der Waals surface area contributed by atoms with Crippen LogP contribution < -0.4 is 9.05 Å². The van der Waals surface area contributed by atoms with Crippen molar-refractivity contribution < 1.29 is 28.0 Å². The van der Waals surface area contributed by atoms with Crippen molar-refractivity contribution in [2.45, 2.75) is 125 Å². The fraction of sp³-hybridized carbons (Fsp3) is 0.432. The number of aromatic hydroxyl groups is 1. The van der Waals surface area contributed by atoms with E-state index in [0.717, 1.165) is 50.1 Å². The second kappa shape index (κ2) is 12.9. The highest BCUT2D eigenvalue weighted by Gasteiger charge is 2.43.